The maximum absolute atomic E-state index is 14.8. The molecule has 2 aromatic carbocycles. The third-order valence-electron chi connectivity index (χ3n) is 6.56. The lowest BCUT2D eigenvalue weighted by molar-refractivity contribution is 0.102. The van der Waals surface area contributed by atoms with Crippen LogP contribution in [-0.2, 0) is 4.74 Å². The van der Waals surface area contributed by atoms with Crippen LogP contribution in [0.3, 0.4) is 0 Å². The van der Waals surface area contributed by atoms with Crippen molar-refractivity contribution in [2.24, 2.45) is 0 Å². The van der Waals surface area contributed by atoms with Gasteiger partial charge in [-0.25, -0.2) is 18.7 Å². The Morgan fingerprint density at radius 1 is 1.21 bits per heavy atom. The highest BCUT2D eigenvalue weighted by atomic mass is 19.1. The molecule has 1 amide bonds. The van der Waals surface area contributed by atoms with Crippen LogP contribution in [0.15, 0.2) is 48.8 Å². The first kappa shape index (κ1) is 28.1. The molecule has 10 heteroatoms. The normalized spacial score (nSPS) is 13.3. The number of nitrogens with zero attached hydrogens (tertiary/aromatic N) is 3. The van der Waals surface area contributed by atoms with E-state index in [1.807, 2.05) is 24.1 Å². The van der Waals surface area contributed by atoms with Crippen molar-refractivity contribution in [1.82, 2.24) is 14.9 Å². The zero-order chi connectivity index (χ0) is 27.9. The SMILES string of the molecule is COC/C=C/CN(C)CCOc1c(N)ncnc1-c1cc(F)cc(NC(=O)c2ccc(C3CC3)cc2F)c1C. The van der Waals surface area contributed by atoms with Gasteiger partial charge in [-0.2, -0.15) is 0 Å². The number of anilines is 2. The molecule has 0 spiro atoms. The van der Waals surface area contributed by atoms with Gasteiger partial charge in [-0.1, -0.05) is 18.2 Å². The maximum Gasteiger partial charge on any atom is 0.258 e. The lowest BCUT2D eigenvalue weighted by atomic mass is 10.0. The molecule has 0 aliphatic heterocycles. The molecular weight excluding hydrogens is 504 g/mol. The van der Waals surface area contributed by atoms with Crippen molar-refractivity contribution in [1.29, 1.82) is 0 Å². The van der Waals surface area contributed by atoms with Crippen LogP contribution < -0.4 is 15.8 Å². The van der Waals surface area contributed by atoms with Crippen molar-refractivity contribution in [3.05, 3.63) is 77.1 Å². The zero-order valence-electron chi connectivity index (χ0n) is 22.3. The first-order chi connectivity index (χ1) is 18.8. The molecule has 0 radical (unpaired) electrons. The van der Waals surface area contributed by atoms with Gasteiger partial charge < -0.3 is 20.5 Å². The molecule has 8 nitrogen and oxygen atoms in total. The first-order valence-corrected chi connectivity index (χ1v) is 12.8. The number of likely N-dealkylation sites (N-methyl/N-ethyl adjacent to an activating group) is 1. The van der Waals surface area contributed by atoms with E-state index in [1.165, 1.54) is 30.6 Å². The standard InChI is InChI=1S/C29H33F2N5O3/c1-18-23(26-27(28(32)34-17-33-26)39-13-11-36(2)10-4-5-12-38-3)15-21(30)16-25(18)35-29(37)22-9-8-20(14-24(22)31)19-6-7-19/h4-5,8-9,14-17,19H,6-7,10-13H2,1-3H3,(H,35,37)(H2,32,33,34)/b5-4+. The van der Waals surface area contributed by atoms with E-state index >= 15 is 0 Å². The number of benzene rings is 2. The van der Waals surface area contributed by atoms with Crippen LogP contribution in [0.25, 0.3) is 11.3 Å². The number of hydrogen-bond acceptors (Lipinski definition) is 7. The molecule has 1 aromatic heterocycles. The summed E-state index contributed by atoms with van der Waals surface area (Å²) in [6, 6.07) is 7.11. The number of aromatic nitrogens is 2. The summed E-state index contributed by atoms with van der Waals surface area (Å²) in [4.78, 5) is 23.3. The molecule has 0 bridgehead atoms. The van der Waals surface area contributed by atoms with Gasteiger partial charge in [0.15, 0.2) is 11.6 Å². The minimum absolute atomic E-state index is 0.106. The molecule has 39 heavy (non-hydrogen) atoms. The van der Waals surface area contributed by atoms with Crippen molar-refractivity contribution < 1.29 is 23.0 Å². The molecule has 206 valence electrons. The Hall–Kier alpha value is -3.89. The molecule has 1 aliphatic rings. The monoisotopic (exact) mass is 537 g/mol. The number of methoxy groups -OCH3 is 1. The lowest BCUT2D eigenvalue weighted by Crippen LogP contribution is -2.24. The molecule has 1 fully saturated rings. The van der Waals surface area contributed by atoms with E-state index < -0.39 is 17.5 Å². The van der Waals surface area contributed by atoms with Crippen LogP contribution in [0.1, 0.15) is 40.2 Å². The van der Waals surface area contributed by atoms with Gasteiger partial charge in [0.2, 0.25) is 0 Å². The van der Waals surface area contributed by atoms with Crippen molar-refractivity contribution in [2.45, 2.75) is 25.7 Å². The van der Waals surface area contributed by atoms with E-state index in [9.17, 15) is 13.6 Å². The van der Waals surface area contributed by atoms with Crippen LogP contribution in [-0.4, -0.2) is 61.2 Å². The molecule has 1 aliphatic carbocycles. The number of carbonyl (C=O) groups is 1. The summed E-state index contributed by atoms with van der Waals surface area (Å²) in [5, 5.41) is 2.65. The number of halogens is 2. The Morgan fingerprint density at radius 3 is 2.72 bits per heavy atom. The molecular formula is C29H33F2N5O3. The quantitative estimate of drug-likeness (QED) is 0.315. The van der Waals surface area contributed by atoms with Crippen LogP contribution in [0.5, 0.6) is 5.75 Å². The minimum atomic E-state index is -0.671. The summed E-state index contributed by atoms with van der Waals surface area (Å²) < 4.78 is 40.4. The van der Waals surface area contributed by atoms with Crippen molar-refractivity contribution in [3.8, 4) is 17.0 Å². The number of amides is 1. The van der Waals surface area contributed by atoms with Gasteiger partial charge in [0.05, 0.1) is 12.2 Å². The Kier molecular flexibility index (Phi) is 9.21. The van der Waals surface area contributed by atoms with Crippen LogP contribution in [0, 0.1) is 18.6 Å². The summed E-state index contributed by atoms with van der Waals surface area (Å²) in [6.45, 7) is 3.82. The molecule has 3 aromatic rings. The number of nitrogen functional groups attached to an aromatic ring is 1. The molecule has 4 rings (SSSR count). The Balaban J connectivity index is 1.53. The summed E-state index contributed by atoms with van der Waals surface area (Å²) in [5.41, 5.74) is 8.24. The summed E-state index contributed by atoms with van der Waals surface area (Å²) in [6.07, 6.45) is 7.24. The van der Waals surface area contributed by atoms with E-state index in [2.05, 4.69) is 15.3 Å². The van der Waals surface area contributed by atoms with Crippen molar-refractivity contribution >= 4 is 17.4 Å². The Bertz CT molecular complexity index is 1360. The molecule has 0 saturated heterocycles. The maximum atomic E-state index is 14.8. The molecule has 0 unspecified atom stereocenters. The topological polar surface area (TPSA) is 103 Å². The number of ether oxygens (including phenoxy) is 2. The second-order valence-electron chi connectivity index (χ2n) is 9.57. The van der Waals surface area contributed by atoms with Gasteiger partial charge in [-0.05, 0) is 68.1 Å². The smallest absolute Gasteiger partial charge is 0.258 e. The number of carbonyl (C=O) groups excluding carboxylic acids is 1. The van der Waals surface area contributed by atoms with Gasteiger partial charge in [0.1, 0.15) is 30.3 Å². The molecule has 1 heterocycles. The third-order valence-corrected chi connectivity index (χ3v) is 6.56. The highest BCUT2D eigenvalue weighted by molar-refractivity contribution is 6.05. The van der Waals surface area contributed by atoms with Gasteiger partial charge >= 0.3 is 0 Å². The van der Waals surface area contributed by atoms with E-state index in [-0.39, 0.29) is 35.1 Å². The van der Waals surface area contributed by atoms with Gasteiger partial charge in [-0.15, -0.1) is 0 Å². The predicted molar refractivity (Wildman–Crippen MR) is 147 cm³/mol. The third kappa shape index (κ3) is 7.15. The minimum Gasteiger partial charge on any atom is -0.486 e. The average Bonchev–Trinajstić information content (AvgIpc) is 3.75. The lowest BCUT2D eigenvalue weighted by Gasteiger charge is -2.18. The highest BCUT2D eigenvalue weighted by Gasteiger charge is 2.25. The second-order valence-corrected chi connectivity index (χ2v) is 9.57. The predicted octanol–water partition coefficient (Wildman–Crippen LogP) is 4.96. The Morgan fingerprint density at radius 2 is 2.00 bits per heavy atom. The van der Waals surface area contributed by atoms with Gasteiger partial charge in [-0.3, -0.25) is 9.69 Å². The van der Waals surface area contributed by atoms with Gasteiger partial charge in [0, 0.05) is 31.5 Å². The Labute approximate surface area is 226 Å². The molecule has 0 atom stereocenters. The van der Waals surface area contributed by atoms with Crippen molar-refractivity contribution in [2.75, 3.05) is 51.5 Å². The summed E-state index contributed by atoms with van der Waals surface area (Å²) in [7, 11) is 3.58. The summed E-state index contributed by atoms with van der Waals surface area (Å²) >= 11 is 0. The van der Waals surface area contributed by atoms with Crippen LogP contribution in [0.2, 0.25) is 0 Å². The zero-order valence-corrected chi connectivity index (χ0v) is 22.3. The fraction of sp³-hybridized carbons (Fsp3) is 0.345. The number of nitrogens with one attached hydrogen (secondary N) is 1. The average molecular weight is 538 g/mol. The van der Waals surface area contributed by atoms with E-state index in [0.29, 0.717) is 36.7 Å². The summed E-state index contributed by atoms with van der Waals surface area (Å²) in [5.74, 6) is -1.20. The van der Waals surface area contributed by atoms with E-state index in [0.717, 1.165) is 18.4 Å². The first-order valence-electron chi connectivity index (χ1n) is 12.8. The fourth-order valence-electron chi connectivity index (χ4n) is 4.17. The largest absolute Gasteiger partial charge is 0.486 e. The number of hydrogen-bond donors (Lipinski definition) is 2. The van der Waals surface area contributed by atoms with Crippen LogP contribution >= 0.6 is 0 Å². The van der Waals surface area contributed by atoms with Crippen LogP contribution in [0.4, 0.5) is 20.3 Å². The van der Waals surface area contributed by atoms with Gasteiger partial charge in [0.25, 0.3) is 5.91 Å². The second kappa shape index (κ2) is 12.8. The van der Waals surface area contributed by atoms with E-state index in [1.54, 1.807) is 20.1 Å². The fourth-order valence-corrected chi connectivity index (χ4v) is 4.17. The van der Waals surface area contributed by atoms with Crippen molar-refractivity contribution in [3.63, 3.8) is 0 Å². The molecule has 3 N–H and O–H groups in total. The number of rotatable bonds is 12. The van der Waals surface area contributed by atoms with E-state index in [4.69, 9.17) is 15.2 Å². The molecule has 1 saturated carbocycles. The number of nitrogens with two attached hydrogens (primary N) is 1. The highest BCUT2D eigenvalue weighted by Crippen LogP contribution is 2.40.